The van der Waals surface area contributed by atoms with Gasteiger partial charge in [-0.15, -0.1) is 0 Å². The minimum Gasteiger partial charge on any atom is -0.466 e. The van der Waals surface area contributed by atoms with E-state index in [2.05, 4.69) is 21.2 Å². The van der Waals surface area contributed by atoms with Gasteiger partial charge >= 0.3 is 0 Å². The minimum atomic E-state index is 0.445. The molecule has 1 aromatic rings. The summed E-state index contributed by atoms with van der Waals surface area (Å²) in [6.07, 6.45) is 0. The van der Waals surface area contributed by atoms with Crippen LogP contribution in [0.4, 0.5) is 5.69 Å². The molecular formula is C8H6BrNOS. The van der Waals surface area contributed by atoms with Crippen LogP contribution >= 0.6 is 28.1 Å². The molecule has 4 heteroatoms. The van der Waals surface area contributed by atoms with E-state index in [4.69, 9.17) is 17.0 Å². The Morgan fingerprint density at radius 1 is 1.50 bits per heavy atom. The van der Waals surface area contributed by atoms with Crippen molar-refractivity contribution in [3.63, 3.8) is 0 Å². The molecule has 0 saturated heterocycles. The Hall–Kier alpha value is -0.610. The molecule has 0 aliphatic carbocycles. The number of hydrogen-bond donors (Lipinski definition) is 1. The Kier molecular flexibility index (Phi) is 2.02. The summed E-state index contributed by atoms with van der Waals surface area (Å²) in [6.45, 7) is 0.544. The maximum absolute atomic E-state index is 5.18. The summed E-state index contributed by atoms with van der Waals surface area (Å²) >= 11 is 8.32. The predicted octanol–water partition coefficient (Wildman–Crippen LogP) is 2.68. The van der Waals surface area contributed by atoms with Crippen LogP contribution in [0.15, 0.2) is 22.7 Å². The molecule has 0 atom stereocenters. The standard InChI is InChI=1S/C8H6BrNOS/c9-6-2-1-3-7-5(6)4-11-8(12)10-7/h1-3H,4H2,(H,10,12). The number of hydrogen-bond acceptors (Lipinski definition) is 2. The fourth-order valence-corrected chi connectivity index (χ4v) is 1.76. The molecule has 1 N–H and O–H groups in total. The second kappa shape index (κ2) is 3.03. The number of halogens is 1. The SMILES string of the molecule is S=C1Nc2cccc(Br)c2CO1. The summed E-state index contributed by atoms with van der Waals surface area (Å²) in [5.41, 5.74) is 2.15. The van der Waals surface area contributed by atoms with Crippen molar-refractivity contribution in [2.75, 3.05) is 5.32 Å². The number of fused-ring (bicyclic) bond motifs is 1. The summed E-state index contributed by atoms with van der Waals surface area (Å²) < 4.78 is 6.23. The molecular weight excluding hydrogens is 238 g/mol. The van der Waals surface area contributed by atoms with E-state index in [1.807, 2.05) is 18.2 Å². The molecule has 0 saturated carbocycles. The van der Waals surface area contributed by atoms with Crippen LogP contribution in [0, 0.1) is 0 Å². The van der Waals surface area contributed by atoms with Crippen LogP contribution in [-0.2, 0) is 11.3 Å². The molecule has 0 fully saturated rings. The van der Waals surface area contributed by atoms with Gasteiger partial charge in [0.1, 0.15) is 6.61 Å². The molecule has 0 unspecified atom stereocenters. The first-order valence-electron chi connectivity index (χ1n) is 3.48. The van der Waals surface area contributed by atoms with Gasteiger partial charge in [-0.25, -0.2) is 0 Å². The summed E-state index contributed by atoms with van der Waals surface area (Å²) in [4.78, 5) is 0. The van der Waals surface area contributed by atoms with Crippen LogP contribution in [0.1, 0.15) is 5.56 Å². The molecule has 0 radical (unpaired) electrons. The Bertz CT molecular complexity index is 340. The van der Waals surface area contributed by atoms with Gasteiger partial charge < -0.3 is 10.1 Å². The first-order chi connectivity index (χ1) is 5.77. The third kappa shape index (κ3) is 1.32. The molecule has 2 rings (SSSR count). The summed E-state index contributed by atoms with van der Waals surface area (Å²) in [6, 6.07) is 5.93. The Labute approximate surface area is 84.0 Å². The van der Waals surface area contributed by atoms with E-state index >= 15 is 0 Å². The lowest BCUT2D eigenvalue weighted by molar-refractivity contribution is 0.293. The second-order valence-corrected chi connectivity index (χ2v) is 3.69. The quantitative estimate of drug-likeness (QED) is 0.709. The van der Waals surface area contributed by atoms with E-state index in [1.54, 1.807) is 0 Å². The number of benzene rings is 1. The molecule has 0 amide bonds. The van der Waals surface area contributed by atoms with Gasteiger partial charge in [0.05, 0.1) is 0 Å². The predicted molar refractivity (Wildman–Crippen MR) is 55.2 cm³/mol. The van der Waals surface area contributed by atoms with Gasteiger partial charge in [-0.2, -0.15) is 0 Å². The smallest absolute Gasteiger partial charge is 0.261 e. The minimum absolute atomic E-state index is 0.445. The maximum atomic E-state index is 5.18. The lowest BCUT2D eigenvalue weighted by Gasteiger charge is -2.20. The largest absolute Gasteiger partial charge is 0.466 e. The van der Waals surface area contributed by atoms with Crippen LogP contribution in [0.2, 0.25) is 0 Å². The van der Waals surface area contributed by atoms with Crippen LogP contribution in [0.25, 0.3) is 0 Å². The van der Waals surface area contributed by atoms with E-state index in [0.29, 0.717) is 11.8 Å². The molecule has 2 nitrogen and oxygen atoms in total. The van der Waals surface area contributed by atoms with E-state index in [0.717, 1.165) is 15.7 Å². The van der Waals surface area contributed by atoms with E-state index in [9.17, 15) is 0 Å². The number of anilines is 1. The van der Waals surface area contributed by atoms with E-state index in [1.165, 1.54) is 0 Å². The van der Waals surface area contributed by atoms with Crippen molar-refractivity contribution in [2.24, 2.45) is 0 Å². The fourth-order valence-electron chi connectivity index (χ4n) is 1.11. The van der Waals surface area contributed by atoms with Crippen LogP contribution in [0.5, 0.6) is 0 Å². The number of rotatable bonds is 0. The van der Waals surface area contributed by atoms with E-state index < -0.39 is 0 Å². The zero-order chi connectivity index (χ0) is 8.55. The lowest BCUT2D eigenvalue weighted by Crippen LogP contribution is -2.20. The topological polar surface area (TPSA) is 21.3 Å². The Morgan fingerprint density at radius 2 is 2.33 bits per heavy atom. The van der Waals surface area contributed by atoms with Crippen molar-refractivity contribution in [1.29, 1.82) is 0 Å². The maximum Gasteiger partial charge on any atom is 0.261 e. The third-order valence-corrected chi connectivity index (χ3v) is 2.67. The molecule has 1 heterocycles. The van der Waals surface area contributed by atoms with Gasteiger partial charge in [0.25, 0.3) is 5.17 Å². The zero-order valence-corrected chi connectivity index (χ0v) is 8.54. The normalized spacial score (nSPS) is 14.6. The molecule has 1 aliphatic rings. The molecule has 1 aromatic carbocycles. The monoisotopic (exact) mass is 243 g/mol. The number of ether oxygens (including phenoxy) is 1. The van der Waals surface area contributed by atoms with Crippen molar-refractivity contribution >= 4 is 39.0 Å². The van der Waals surface area contributed by atoms with Crippen LogP contribution in [0.3, 0.4) is 0 Å². The molecule has 1 aliphatic heterocycles. The van der Waals surface area contributed by atoms with Crippen molar-refractivity contribution < 1.29 is 4.74 Å². The van der Waals surface area contributed by atoms with Gasteiger partial charge in [-0.05, 0) is 24.4 Å². The molecule has 12 heavy (non-hydrogen) atoms. The van der Waals surface area contributed by atoms with Crippen molar-refractivity contribution in [1.82, 2.24) is 0 Å². The highest BCUT2D eigenvalue weighted by atomic mass is 79.9. The number of thiocarbonyl (C=S) groups is 1. The first-order valence-corrected chi connectivity index (χ1v) is 4.68. The molecule has 62 valence electrons. The fraction of sp³-hybridized carbons (Fsp3) is 0.125. The summed E-state index contributed by atoms with van der Waals surface area (Å²) in [7, 11) is 0. The third-order valence-electron chi connectivity index (χ3n) is 1.70. The number of nitrogens with one attached hydrogen (secondary N) is 1. The van der Waals surface area contributed by atoms with Gasteiger partial charge in [0.2, 0.25) is 0 Å². The van der Waals surface area contributed by atoms with Crippen molar-refractivity contribution in [2.45, 2.75) is 6.61 Å². The summed E-state index contributed by atoms with van der Waals surface area (Å²) in [5, 5.41) is 3.42. The Morgan fingerprint density at radius 3 is 3.17 bits per heavy atom. The first kappa shape index (κ1) is 8.01. The Balaban J connectivity index is 2.48. The van der Waals surface area contributed by atoms with Crippen LogP contribution < -0.4 is 5.32 Å². The van der Waals surface area contributed by atoms with Crippen LogP contribution in [-0.4, -0.2) is 5.17 Å². The molecule has 0 spiro atoms. The molecule has 0 bridgehead atoms. The zero-order valence-electron chi connectivity index (χ0n) is 6.13. The highest BCUT2D eigenvalue weighted by Gasteiger charge is 2.14. The lowest BCUT2D eigenvalue weighted by atomic mass is 10.2. The molecule has 0 aromatic heterocycles. The van der Waals surface area contributed by atoms with Gasteiger partial charge in [-0.1, -0.05) is 22.0 Å². The van der Waals surface area contributed by atoms with Crippen molar-refractivity contribution in [3.8, 4) is 0 Å². The van der Waals surface area contributed by atoms with E-state index in [-0.39, 0.29) is 0 Å². The highest BCUT2D eigenvalue weighted by Crippen LogP contribution is 2.28. The highest BCUT2D eigenvalue weighted by molar-refractivity contribution is 9.10. The summed E-state index contributed by atoms with van der Waals surface area (Å²) in [5.74, 6) is 0. The second-order valence-electron chi connectivity index (χ2n) is 2.47. The average molecular weight is 244 g/mol. The van der Waals surface area contributed by atoms with Gasteiger partial charge in [-0.3, -0.25) is 0 Å². The van der Waals surface area contributed by atoms with Gasteiger partial charge in [0, 0.05) is 15.7 Å². The van der Waals surface area contributed by atoms with Crippen molar-refractivity contribution in [3.05, 3.63) is 28.2 Å². The average Bonchev–Trinajstić information content (AvgIpc) is 2.04. The van der Waals surface area contributed by atoms with Gasteiger partial charge in [0.15, 0.2) is 0 Å².